The molecule has 0 unspecified atom stereocenters. The largest absolute Gasteiger partial charge is 0 e. The van der Waals surface area contributed by atoms with Crippen molar-refractivity contribution in [2.75, 3.05) is 0 Å². The number of fused-ring (bicyclic) bond motifs is 3. The van der Waals surface area contributed by atoms with Gasteiger partial charge in [0.1, 0.15) is 0 Å². The molecule has 1 radical (unpaired) electrons. The Morgan fingerprint density at radius 2 is 1.71 bits per heavy atom. The molecule has 2 heterocycles. The van der Waals surface area contributed by atoms with Gasteiger partial charge in [-0.1, -0.05) is 0 Å². The summed E-state index contributed by atoms with van der Waals surface area (Å²) in [6.07, 6.45) is 1.93. The monoisotopic (exact) mass is 571 g/mol. The van der Waals surface area contributed by atoms with Gasteiger partial charge in [-0.2, -0.15) is 0 Å². The van der Waals surface area contributed by atoms with E-state index in [9.17, 15) is 0 Å². The van der Waals surface area contributed by atoms with Gasteiger partial charge < -0.3 is 0 Å². The summed E-state index contributed by atoms with van der Waals surface area (Å²) in [7, 11) is 0. The Morgan fingerprint density at radius 1 is 0.917 bits per heavy atom. The summed E-state index contributed by atoms with van der Waals surface area (Å²) in [6.45, 7) is 0. The molecule has 0 aliphatic carbocycles. The van der Waals surface area contributed by atoms with Gasteiger partial charge in [-0.15, -0.1) is 0 Å². The molecule has 4 heteroatoms. The maximum Gasteiger partial charge on any atom is 0 e. The predicted octanol–water partition coefficient (Wildman–Crippen LogP) is 5.46. The number of nitrogens with zero attached hydrogens (tertiary/aromatic N) is 1. The molecule has 0 N–H and O–H groups in total. The Labute approximate surface area is 162 Å². The number of thiophene rings is 1. The second-order valence-electron chi connectivity index (χ2n) is 6.85. The van der Waals surface area contributed by atoms with Gasteiger partial charge in [-0.3, -0.25) is 0 Å². The van der Waals surface area contributed by atoms with Crippen molar-refractivity contribution >= 4 is 49.2 Å². The van der Waals surface area contributed by atoms with Gasteiger partial charge in [0.15, 0.2) is 0 Å². The zero-order valence-corrected chi connectivity index (χ0v) is 19.2. The zero-order valence-electron chi connectivity index (χ0n) is 13.9. The minimum atomic E-state index is -1.90. The molecular formula is C20H18GeIrNS-. The van der Waals surface area contributed by atoms with E-state index >= 15 is 0 Å². The van der Waals surface area contributed by atoms with Crippen molar-refractivity contribution in [1.29, 1.82) is 0 Å². The zero-order chi connectivity index (χ0) is 16.0. The van der Waals surface area contributed by atoms with E-state index in [2.05, 4.69) is 64.7 Å². The molecule has 0 saturated heterocycles. The van der Waals surface area contributed by atoms with Crippen molar-refractivity contribution in [1.82, 2.24) is 4.98 Å². The molecule has 2 aromatic carbocycles. The molecule has 0 amide bonds. The van der Waals surface area contributed by atoms with Crippen LogP contribution in [0, 0.1) is 6.07 Å². The summed E-state index contributed by atoms with van der Waals surface area (Å²) in [5.41, 5.74) is 2.13. The number of aromatic nitrogens is 1. The van der Waals surface area contributed by atoms with Gasteiger partial charge >= 0.3 is 143 Å². The van der Waals surface area contributed by atoms with Crippen LogP contribution in [0.15, 0.2) is 54.7 Å². The fraction of sp³-hybridized carbons (Fsp3) is 0.150. The Kier molecular flexibility index (Phi) is 4.99. The van der Waals surface area contributed by atoms with E-state index in [1.807, 2.05) is 29.7 Å². The maximum absolute atomic E-state index is 4.66. The number of benzene rings is 2. The van der Waals surface area contributed by atoms with Crippen LogP contribution in [0.1, 0.15) is 0 Å². The summed E-state index contributed by atoms with van der Waals surface area (Å²) in [5.74, 6) is 7.38. The number of hydrogen-bond acceptors (Lipinski definition) is 2. The third kappa shape index (κ3) is 2.99. The molecule has 2 aromatic heterocycles. The average molecular weight is 569 g/mol. The summed E-state index contributed by atoms with van der Waals surface area (Å²) in [5, 5.41) is 2.70. The van der Waals surface area contributed by atoms with Gasteiger partial charge in [0.2, 0.25) is 0 Å². The third-order valence-corrected chi connectivity index (χ3v) is 10.1. The van der Waals surface area contributed by atoms with Crippen LogP contribution in [0.4, 0.5) is 0 Å². The fourth-order valence-corrected chi connectivity index (χ4v) is 9.14. The first-order chi connectivity index (χ1) is 11.1. The maximum atomic E-state index is 4.66. The van der Waals surface area contributed by atoms with Crippen molar-refractivity contribution < 1.29 is 20.1 Å². The van der Waals surface area contributed by atoms with Crippen LogP contribution >= 0.6 is 11.3 Å². The van der Waals surface area contributed by atoms with E-state index in [4.69, 9.17) is 0 Å². The van der Waals surface area contributed by atoms with Crippen molar-refractivity contribution in [3.63, 3.8) is 0 Å². The topological polar surface area (TPSA) is 12.9 Å². The van der Waals surface area contributed by atoms with Crippen LogP contribution in [0.3, 0.4) is 0 Å². The van der Waals surface area contributed by atoms with Crippen LogP contribution in [-0.4, -0.2) is 18.3 Å². The standard InChI is InChI=1S/C20H18GeNS.Ir/c1-21(2,3)17-11-7-10-15-16-12-13-22-18(20(16)23-19(15)17)14-8-5-4-6-9-14;/h4-8,10-13H,1-3H3;/q-1;. The molecule has 24 heavy (non-hydrogen) atoms. The van der Waals surface area contributed by atoms with Gasteiger partial charge in [-0.05, 0) is 0 Å². The van der Waals surface area contributed by atoms with Crippen molar-refractivity contribution in [2.45, 2.75) is 17.3 Å². The Morgan fingerprint density at radius 3 is 2.42 bits per heavy atom. The fourth-order valence-electron chi connectivity index (χ4n) is 3.05. The SMILES string of the molecule is [CH3][Ge]([CH3])([CH3])[c]1cccc2c1sc1c(-c3[c-]cccc3)nccc12.[Ir]. The Bertz CT molecular complexity index is 1000. The molecule has 4 rings (SSSR count). The minimum Gasteiger partial charge on any atom is 0 e. The molecule has 0 aliphatic rings. The molecular weight excluding hydrogens is 551 g/mol. The molecule has 1 nitrogen and oxygen atoms in total. The number of pyridine rings is 1. The first kappa shape index (κ1) is 17.8. The molecule has 0 bridgehead atoms. The first-order valence-electron chi connectivity index (χ1n) is 7.83. The van der Waals surface area contributed by atoms with Gasteiger partial charge in [0.25, 0.3) is 0 Å². The first-order valence-corrected chi connectivity index (χ1v) is 16.0. The summed E-state index contributed by atoms with van der Waals surface area (Å²) < 4.78 is 4.33. The number of rotatable bonds is 2. The molecule has 0 spiro atoms. The molecule has 123 valence electrons. The third-order valence-electron chi connectivity index (χ3n) is 4.19. The van der Waals surface area contributed by atoms with E-state index in [1.165, 1.54) is 20.2 Å². The van der Waals surface area contributed by atoms with Gasteiger partial charge in [0, 0.05) is 20.1 Å². The van der Waals surface area contributed by atoms with Crippen molar-refractivity contribution in [3.8, 4) is 11.3 Å². The quantitative estimate of drug-likeness (QED) is 0.231. The Hall–Kier alpha value is -0.998. The average Bonchev–Trinajstić information content (AvgIpc) is 2.93. The van der Waals surface area contributed by atoms with Crippen molar-refractivity contribution in [3.05, 3.63) is 60.8 Å². The predicted molar refractivity (Wildman–Crippen MR) is 104 cm³/mol. The van der Waals surface area contributed by atoms with Crippen LogP contribution in [-0.2, 0) is 20.1 Å². The summed E-state index contributed by atoms with van der Waals surface area (Å²) in [6, 6.07) is 20.4. The van der Waals surface area contributed by atoms with Crippen LogP contribution in [0.25, 0.3) is 31.4 Å². The van der Waals surface area contributed by atoms with Crippen LogP contribution in [0.2, 0.25) is 17.3 Å². The second kappa shape index (κ2) is 6.72. The van der Waals surface area contributed by atoms with Crippen LogP contribution in [0.5, 0.6) is 0 Å². The van der Waals surface area contributed by atoms with Gasteiger partial charge in [0.05, 0.1) is 0 Å². The summed E-state index contributed by atoms with van der Waals surface area (Å²) >= 11 is -0.00154. The molecule has 0 saturated carbocycles. The molecule has 0 fully saturated rings. The Balaban J connectivity index is 0.00000169. The van der Waals surface area contributed by atoms with E-state index in [1.54, 1.807) is 4.40 Å². The van der Waals surface area contributed by atoms with E-state index in [0.29, 0.717) is 0 Å². The van der Waals surface area contributed by atoms with E-state index in [0.717, 1.165) is 11.3 Å². The normalized spacial score (nSPS) is 11.6. The van der Waals surface area contributed by atoms with Gasteiger partial charge in [-0.25, -0.2) is 0 Å². The van der Waals surface area contributed by atoms with E-state index in [-0.39, 0.29) is 20.1 Å². The molecule has 0 aliphatic heterocycles. The minimum absolute atomic E-state index is 0. The smallest absolute Gasteiger partial charge is 0 e. The van der Waals surface area contributed by atoms with Crippen molar-refractivity contribution in [2.24, 2.45) is 0 Å². The summed E-state index contributed by atoms with van der Waals surface area (Å²) in [4.78, 5) is 4.66. The second-order valence-corrected chi connectivity index (χ2v) is 18.4. The number of hydrogen-bond donors (Lipinski definition) is 0. The van der Waals surface area contributed by atoms with E-state index < -0.39 is 13.3 Å². The van der Waals surface area contributed by atoms with Crippen LogP contribution < -0.4 is 4.40 Å². The molecule has 0 atom stereocenters. The molecule has 4 aromatic rings.